The summed E-state index contributed by atoms with van der Waals surface area (Å²) in [5.74, 6) is 0.358. The maximum Gasteiger partial charge on any atom is 0.123 e. The van der Waals surface area contributed by atoms with Gasteiger partial charge in [-0.3, -0.25) is 0 Å². The highest BCUT2D eigenvalue weighted by atomic mass is 16.3. The standard InChI is InChI=1S/C11H10O.2C2H6/c1-8-4-2-6-10-9(8)5-3-7-11(10)12;2*1-2/h2-7,12H,1H3;2*1-2H3. The maximum absolute atomic E-state index is 9.50. The number of phenols is 1. The molecule has 2 rings (SSSR count). The molecule has 1 N–H and O–H groups in total. The first-order valence-corrected chi connectivity index (χ1v) is 5.96. The van der Waals surface area contributed by atoms with Crippen LogP contribution in [0.2, 0.25) is 0 Å². The first-order chi connectivity index (χ1) is 7.79. The van der Waals surface area contributed by atoms with Gasteiger partial charge in [-0.15, -0.1) is 0 Å². The largest absolute Gasteiger partial charge is 0.507 e. The number of aryl methyl sites for hydroxylation is 1. The highest BCUT2D eigenvalue weighted by molar-refractivity contribution is 5.90. The highest BCUT2D eigenvalue weighted by Crippen LogP contribution is 2.25. The van der Waals surface area contributed by atoms with Crippen LogP contribution in [0.1, 0.15) is 33.3 Å². The third-order valence-electron chi connectivity index (χ3n) is 2.12. The van der Waals surface area contributed by atoms with Crippen molar-refractivity contribution in [2.24, 2.45) is 0 Å². The molecule has 0 heterocycles. The zero-order valence-electron chi connectivity index (χ0n) is 10.9. The lowest BCUT2D eigenvalue weighted by Gasteiger charge is -2.02. The Morgan fingerprint density at radius 1 is 0.750 bits per heavy atom. The monoisotopic (exact) mass is 218 g/mol. The van der Waals surface area contributed by atoms with Crippen molar-refractivity contribution in [2.75, 3.05) is 0 Å². The van der Waals surface area contributed by atoms with Crippen molar-refractivity contribution in [3.05, 3.63) is 42.0 Å². The number of hydrogen-bond acceptors (Lipinski definition) is 1. The zero-order valence-corrected chi connectivity index (χ0v) is 10.9. The lowest BCUT2D eigenvalue weighted by Crippen LogP contribution is -1.77. The smallest absolute Gasteiger partial charge is 0.123 e. The predicted octanol–water partition coefficient (Wildman–Crippen LogP) is 4.91. The van der Waals surface area contributed by atoms with Crippen LogP contribution in [0.3, 0.4) is 0 Å². The molecule has 2 aromatic rings. The molecule has 0 spiro atoms. The van der Waals surface area contributed by atoms with Crippen LogP contribution >= 0.6 is 0 Å². The molecule has 0 radical (unpaired) electrons. The molecule has 16 heavy (non-hydrogen) atoms. The number of phenolic OH excluding ortho intramolecular Hbond substituents is 1. The summed E-state index contributed by atoms with van der Waals surface area (Å²) in [5.41, 5.74) is 1.20. The summed E-state index contributed by atoms with van der Waals surface area (Å²) in [7, 11) is 0. The van der Waals surface area contributed by atoms with Crippen molar-refractivity contribution in [3.8, 4) is 5.75 Å². The summed E-state index contributed by atoms with van der Waals surface area (Å²) in [5, 5.41) is 11.5. The summed E-state index contributed by atoms with van der Waals surface area (Å²) in [6, 6.07) is 11.5. The summed E-state index contributed by atoms with van der Waals surface area (Å²) in [4.78, 5) is 0. The molecule has 2 aromatic carbocycles. The number of aromatic hydroxyl groups is 1. The Morgan fingerprint density at radius 3 is 1.81 bits per heavy atom. The molecule has 0 saturated heterocycles. The molecule has 1 heteroatoms. The molecular weight excluding hydrogens is 196 g/mol. The molecule has 0 atom stereocenters. The van der Waals surface area contributed by atoms with Crippen molar-refractivity contribution in [2.45, 2.75) is 34.6 Å². The minimum atomic E-state index is 0.358. The van der Waals surface area contributed by atoms with Gasteiger partial charge in [0, 0.05) is 5.39 Å². The minimum Gasteiger partial charge on any atom is -0.507 e. The maximum atomic E-state index is 9.50. The number of hydrogen-bond donors (Lipinski definition) is 1. The van der Waals surface area contributed by atoms with Crippen LogP contribution in [-0.4, -0.2) is 5.11 Å². The van der Waals surface area contributed by atoms with Crippen LogP contribution in [-0.2, 0) is 0 Å². The van der Waals surface area contributed by atoms with Gasteiger partial charge in [-0.25, -0.2) is 0 Å². The lowest BCUT2D eigenvalue weighted by atomic mass is 10.1. The third-order valence-corrected chi connectivity index (χ3v) is 2.12. The molecule has 0 aliphatic carbocycles. The lowest BCUT2D eigenvalue weighted by molar-refractivity contribution is 0.481. The van der Waals surface area contributed by atoms with Gasteiger partial charge in [0.15, 0.2) is 0 Å². The van der Waals surface area contributed by atoms with E-state index in [9.17, 15) is 5.11 Å². The van der Waals surface area contributed by atoms with Gasteiger partial charge in [-0.1, -0.05) is 58.0 Å². The van der Waals surface area contributed by atoms with Crippen molar-refractivity contribution in [1.29, 1.82) is 0 Å². The Kier molecular flexibility index (Phi) is 7.02. The van der Waals surface area contributed by atoms with E-state index in [2.05, 4.69) is 0 Å². The van der Waals surface area contributed by atoms with Crippen LogP contribution in [0, 0.1) is 6.92 Å². The topological polar surface area (TPSA) is 20.2 Å². The zero-order chi connectivity index (χ0) is 12.6. The summed E-state index contributed by atoms with van der Waals surface area (Å²) in [6.45, 7) is 10.0. The van der Waals surface area contributed by atoms with Crippen molar-refractivity contribution < 1.29 is 5.11 Å². The van der Waals surface area contributed by atoms with E-state index in [-0.39, 0.29) is 0 Å². The Hall–Kier alpha value is -1.50. The highest BCUT2D eigenvalue weighted by Gasteiger charge is 1.98. The summed E-state index contributed by atoms with van der Waals surface area (Å²) >= 11 is 0. The minimum absolute atomic E-state index is 0.358. The van der Waals surface area contributed by atoms with E-state index in [1.54, 1.807) is 6.07 Å². The van der Waals surface area contributed by atoms with E-state index in [4.69, 9.17) is 0 Å². The Labute approximate surface area is 98.7 Å². The Bertz CT molecular complexity index is 377. The molecule has 0 fully saturated rings. The average molecular weight is 218 g/mol. The Balaban J connectivity index is 0.000000509. The molecule has 0 aliphatic heterocycles. The van der Waals surface area contributed by atoms with Gasteiger partial charge >= 0.3 is 0 Å². The fraction of sp³-hybridized carbons (Fsp3) is 0.333. The molecule has 0 saturated carbocycles. The second-order valence-electron chi connectivity index (χ2n) is 2.95. The van der Waals surface area contributed by atoms with Crippen molar-refractivity contribution >= 4 is 10.8 Å². The fourth-order valence-corrected chi connectivity index (χ4v) is 1.45. The Morgan fingerprint density at radius 2 is 1.25 bits per heavy atom. The molecular formula is C15H22O. The molecule has 0 aliphatic rings. The van der Waals surface area contributed by atoms with Crippen LogP contribution in [0.15, 0.2) is 36.4 Å². The van der Waals surface area contributed by atoms with Crippen LogP contribution in [0.25, 0.3) is 10.8 Å². The second-order valence-corrected chi connectivity index (χ2v) is 2.95. The number of benzene rings is 2. The van der Waals surface area contributed by atoms with E-state index in [0.717, 1.165) is 10.8 Å². The summed E-state index contributed by atoms with van der Waals surface area (Å²) in [6.07, 6.45) is 0. The van der Waals surface area contributed by atoms with Crippen molar-refractivity contribution in [1.82, 2.24) is 0 Å². The van der Waals surface area contributed by atoms with E-state index in [0.29, 0.717) is 5.75 Å². The molecule has 88 valence electrons. The number of rotatable bonds is 0. The molecule has 0 bridgehead atoms. The van der Waals surface area contributed by atoms with Gasteiger partial charge in [-0.05, 0) is 23.9 Å². The SMILES string of the molecule is CC.CC.Cc1cccc2c(O)cccc12. The molecule has 0 unspecified atom stereocenters. The molecule has 1 nitrogen and oxygen atoms in total. The average Bonchev–Trinajstić information content (AvgIpc) is 2.36. The third kappa shape index (κ3) is 3.27. The van der Waals surface area contributed by atoms with Gasteiger partial charge in [0.05, 0.1) is 0 Å². The van der Waals surface area contributed by atoms with Gasteiger partial charge in [0.25, 0.3) is 0 Å². The quantitative estimate of drug-likeness (QED) is 0.666. The van der Waals surface area contributed by atoms with E-state index >= 15 is 0 Å². The van der Waals surface area contributed by atoms with Crippen LogP contribution in [0.4, 0.5) is 0 Å². The van der Waals surface area contributed by atoms with Gasteiger partial charge < -0.3 is 5.11 Å². The molecule has 0 aromatic heterocycles. The van der Waals surface area contributed by atoms with Crippen LogP contribution in [0.5, 0.6) is 5.75 Å². The van der Waals surface area contributed by atoms with Gasteiger partial charge in [0.2, 0.25) is 0 Å². The van der Waals surface area contributed by atoms with E-state index < -0.39 is 0 Å². The van der Waals surface area contributed by atoms with Gasteiger partial charge in [-0.2, -0.15) is 0 Å². The molecule has 0 amide bonds. The van der Waals surface area contributed by atoms with Crippen molar-refractivity contribution in [3.63, 3.8) is 0 Å². The normalized spacial score (nSPS) is 8.56. The summed E-state index contributed by atoms with van der Waals surface area (Å²) < 4.78 is 0. The van der Waals surface area contributed by atoms with E-state index in [1.165, 1.54) is 5.56 Å². The first-order valence-electron chi connectivity index (χ1n) is 5.96. The fourth-order valence-electron chi connectivity index (χ4n) is 1.45. The van der Waals surface area contributed by atoms with E-state index in [1.807, 2.05) is 65.0 Å². The van der Waals surface area contributed by atoms with Gasteiger partial charge in [0.1, 0.15) is 5.75 Å². The predicted molar refractivity (Wildman–Crippen MR) is 73.0 cm³/mol. The second kappa shape index (κ2) is 7.75. The first kappa shape index (κ1) is 14.5. The van der Waals surface area contributed by atoms with Crippen LogP contribution < -0.4 is 0 Å². The number of fused-ring (bicyclic) bond motifs is 1.